The molecule has 0 atom stereocenters. The van der Waals surface area contributed by atoms with Crippen LogP contribution in [0, 0.1) is 5.92 Å². The Labute approximate surface area is 119 Å². The van der Waals surface area contributed by atoms with Crippen LogP contribution < -0.4 is 5.32 Å². The Morgan fingerprint density at radius 3 is 2.11 bits per heavy atom. The third-order valence-corrected chi connectivity index (χ3v) is 4.23. The van der Waals surface area contributed by atoms with Gasteiger partial charge in [0.05, 0.1) is 5.75 Å². The molecule has 0 saturated carbocycles. The van der Waals surface area contributed by atoms with Gasteiger partial charge in [-0.3, -0.25) is 4.90 Å². The fourth-order valence-electron chi connectivity index (χ4n) is 2.30. The minimum absolute atomic E-state index is 0.224. The van der Waals surface area contributed by atoms with Crippen LogP contribution in [-0.2, 0) is 9.84 Å². The van der Waals surface area contributed by atoms with E-state index in [4.69, 9.17) is 0 Å². The van der Waals surface area contributed by atoms with Crippen molar-refractivity contribution in [3.63, 3.8) is 0 Å². The van der Waals surface area contributed by atoms with Gasteiger partial charge in [0.2, 0.25) is 0 Å². The van der Waals surface area contributed by atoms with Gasteiger partial charge in [0.25, 0.3) is 0 Å². The highest BCUT2D eigenvalue weighted by molar-refractivity contribution is 7.90. The van der Waals surface area contributed by atoms with E-state index in [-0.39, 0.29) is 5.75 Å². The number of hydrogen-bond donors (Lipinski definition) is 1. The standard InChI is InChI=1S/C14H32N2O2S/c1-6-14(7-2)16(12-13(3)4)10-8-15-9-11-19(5,17)18/h13-15H,6-12H2,1-5H3. The molecule has 0 aromatic rings. The number of sulfone groups is 1. The van der Waals surface area contributed by atoms with Crippen LogP contribution in [0.5, 0.6) is 0 Å². The van der Waals surface area contributed by atoms with Crippen LogP contribution in [0.15, 0.2) is 0 Å². The molecule has 0 amide bonds. The zero-order valence-electron chi connectivity index (χ0n) is 13.3. The summed E-state index contributed by atoms with van der Waals surface area (Å²) in [6.07, 6.45) is 3.63. The molecule has 0 radical (unpaired) electrons. The van der Waals surface area contributed by atoms with Gasteiger partial charge < -0.3 is 5.32 Å². The molecule has 1 N–H and O–H groups in total. The molecular weight excluding hydrogens is 260 g/mol. The third kappa shape index (κ3) is 10.3. The highest BCUT2D eigenvalue weighted by atomic mass is 32.2. The van der Waals surface area contributed by atoms with Crippen molar-refractivity contribution in [2.24, 2.45) is 5.92 Å². The molecule has 0 unspecified atom stereocenters. The zero-order valence-corrected chi connectivity index (χ0v) is 14.1. The lowest BCUT2D eigenvalue weighted by atomic mass is 10.1. The first-order valence-corrected chi connectivity index (χ1v) is 9.48. The number of nitrogens with one attached hydrogen (secondary N) is 1. The second-order valence-corrected chi connectivity index (χ2v) is 8.00. The lowest BCUT2D eigenvalue weighted by Crippen LogP contribution is -2.42. The van der Waals surface area contributed by atoms with E-state index in [0.29, 0.717) is 18.5 Å². The molecule has 0 aliphatic rings. The van der Waals surface area contributed by atoms with Gasteiger partial charge in [0.1, 0.15) is 9.84 Å². The maximum Gasteiger partial charge on any atom is 0.148 e. The number of rotatable bonds is 11. The van der Waals surface area contributed by atoms with Crippen LogP contribution >= 0.6 is 0 Å². The smallest absolute Gasteiger partial charge is 0.148 e. The monoisotopic (exact) mass is 292 g/mol. The molecule has 0 spiro atoms. The van der Waals surface area contributed by atoms with Gasteiger partial charge in [-0.25, -0.2) is 8.42 Å². The fourth-order valence-corrected chi connectivity index (χ4v) is 2.82. The second kappa shape index (κ2) is 9.72. The minimum Gasteiger partial charge on any atom is -0.314 e. The van der Waals surface area contributed by atoms with Crippen molar-refractivity contribution in [2.75, 3.05) is 38.2 Å². The topological polar surface area (TPSA) is 49.4 Å². The minimum atomic E-state index is -2.85. The Morgan fingerprint density at radius 1 is 1.11 bits per heavy atom. The molecule has 0 bridgehead atoms. The van der Waals surface area contributed by atoms with Gasteiger partial charge in [0, 0.05) is 38.5 Å². The van der Waals surface area contributed by atoms with Gasteiger partial charge in [-0.2, -0.15) is 0 Å². The molecule has 0 saturated heterocycles. The van der Waals surface area contributed by atoms with Crippen molar-refractivity contribution in [3.05, 3.63) is 0 Å². The van der Waals surface area contributed by atoms with E-state index in [1.807, 2.05) is 0 Å². The molecule has 0 aromatic carbocycles. The van der Waals surface area contributed by atoms with Crippen LogP contribution in [-0.4, -0.2) is 57.5 Å². The molecule has 0 aromatic heterocycles. The Kier molecular flexibility index (Phi) is 9.66. The van der Waals surface area contributed by atoms with Gasteiger partial charge >= 0.3 is 0 Å². The quantitative estimate of drug-likeness (QED) is 0.590. The highest BCUT2D eigenvalue weighted by Crippen LogP contribution is 2.10. The number of nitrogens with zero attached hydrogens (tertiary/aromatic N) is 1. The average molecular weight is 292 g/mol. The molecule has 19 heavy (non-hydrogen) atoms. The lowest BCUT2D eigenvalue weighted by molar-refractivity contribution is 0.167. The van der Waals surface area contributed by atoms with Gasteiger partial charge in [-0.05, 0) is 18.8 Å². The summed E-state index contributed by atoms with van der Waals surface area (Å²) < 4.78 is 22.0. The summed E-state index contributed by atoms with van der Waals surface area (Å²) in [4.78, 5) is 2.53. The third-order valence-electron chi connectivity index (χ3n) is 3.28. The molecule has 0 aliphatic carbocycles. The summed E-state index contributed by atoms with van der Waals surface area (Å²) in [7, 11) is -2.85. The molecular formula is C14H32N2O2S. The predicted octanol–water partition coefficient (Wildman–Crippen LogP) is 1.77. The summed E-state index contributed by atoms with van der Waals surface area (Å²) in [5.74, 6) is 0.888. The van der Waals surface area contributed by atoms with Crippen LogP contribution in [0.3, 0.4) is 0 Å². The zero-order chi connectivity index (χ0) is 14.9. The van der Waals surface area contributed by atoms with E-state index >= 15 is 0 Å². The van der Waals surface area contributed by atoms with E-state index in [0.717, 1.165) is 19.6 Å². The lowest BCUT2D eigenvalue weighted by Gasteiger charge is -2.32. The van der Waals surface area contributed by atoms with Gasteiger partial charge in [-0.1, -0.05) is 27.7 Å². The predicted molar refractivity (Wildman–Crippen MR) is 83.4 cm³/mol. The van der Waals surface area contributed by atoms with Crippen molar-refractivity contribution in [1.29, 1.82) is 0 Å². The van der Waals surface area contributed by atoms with Crippen molar-refractivity contribution in [2.45, 2.75) is 46.6 Å². The first kappa shape index (κ1) is 18.9. The maximum atomic E-state index is 11.0. The Balaban J connectivity index is 4.05. The molecule has 5 heteroatoms. The van der Waals surface area contributed by atoms with Crippen molar-refractivity contribution >= 4 is 9.84 Å². The van der Waals surface area contributed by atoms with Crippen molar-refractivity contribution in [1.82, 2.24) is 10.2 Å². The highest BCUT2D eigenvalue weighted by Gasteiger charge is 2.15. The Bertz CT molecular complexity index is 311. The molecule has 4 nitrogen and oxygen atoms in total. The first-order valence-electron chi connectivity index (χ1n) is 7.42. The van der Waals surface area contributed by atoms with Gasteiger partial charge in [-0.15, -0.1) is 0 Å². The SMILES string of the molecule is CCC(CC)N(CCNCCS(C)(=O)=O)CC(C)C. The van der Waals surface area contributed by atoms with E-state index in [2.05, 4.69) is 37.9 Å². The Morgan fingerprint density at radius 2 is 1.68 bits per heavy atom. The van der Waals surface area contributed by atoms with Crippen LogP contribution in [0.25, 0.3) is 0 Å². The fraction of sp³-hybridized carbons (Fsp3) is 1.00. The summed E-state index contributed by atoms with van der Waals surface area (Å²) in [5.41, 5.74) is 0. The maximum absolute atomic E-state index is 11.0. The van der Waals surface area contributed by atoms with E-state index in [1.54, 1.807) is 0 Å². The summed E-state index contributed by atoms with van der Waals surface area (Å²) >= 11 is 0. The summed E-state index contributed by atoms with van der Waals surface area (Å²) in [6, 6.07) is 0.638. The summed E-state index contributed by atoms with van der Waals surface area (Å²) in [5, 5.41) is 3.23. The Hall–Kier alpha value is -0.130. The normalized spacial score (nSPS) is 12.8. The first-order chi connectivity index (χ1) is 8.80. The number of hydrogen-bond acceptors (Lipinski definition) is 4. The largest absolute Gasteiger partial charge is 0.314 e. The molecule has 0 heterocycles. The molecule has 0 rings (SSSR count). The average Bonchev–Trinajstić information content (AvgIpc) is 2.27. The van der Waals surface area contributed by atoms with Crippen LogP contribution in [0.1, 0.15) is 40.5 Å². The van der Waals surface area contributed by atoms with E-state index < -0.39 is 9.84 Å². The van der Waals surface area contributed by atoms with Crippen molar-refractivity contribution < 1.29 is 8.42 Å². The summed E-state index contributed by atoms with van der Waals surface area (Å²) in [6.45, 7) is 12.5. The van der Waals surface area contributed by atoms with E-state index in [1.165, 1.54) is 19.1 Å². The molecule has 116 valence electrons. The molecule has 0 fully saturated rings. The van der Waals surface area contributed by atoms with Gasteiger partial charge in [0.15, 0.2) is 0 Å². The second-order valence-electron chi connectivity index (χ2n) is 5.74. The van der Waals surface area contributed by atoms with Crippen molar-refractivity contribution in [3.8, 4) is 0 Å². The molecule has 0 aliphatic heterocycles. The van der Waals surface area contributed by atoms with Crippen LogP contribution in [0.2, 0.25) is 0 Å². The van der Waals surface area contributed by atoms with E-state index in [9.17, 15) is 8.42 Å². The van der Waals surface area contributed by atoms with Crippen LogP contribution in [0.4, 0.5) is 0 Å².